The number of hydrogen-bond acceptors (Lipinski definition) is 4. The summed E-state index contributed by atoms with van der Waals surface area (Å²) in [7, 11) is 2.86. The largest absolute Gasteiger partial charge is 0.493 e. The first kappa shape index (κ1) is 25.0. The summed E-state index contributed by atoms with van der Waals surface area (Å²) in [4.78, 5) is 13.9. The van der Waals surface area contributed by atoms with E-state index in [0.717, 1.165) is 0 Å². The van der Waals surface area contributed by atoms with E-state index in [-0.39, 0.29) is 23.8 Å². The standard InChI is InChI=1S/C21H23F5N2O4/c1-13(15-5-7-16(8-6-15)31-12-21(24,25)26)27-20(29)28(2)11-14-4-9-17(32-19(22)23)18(10-14)30-3/h4-10,13,19H,11-12H2,1-3H3,(H,27,29). The summed E-state index contributed by atoms with van der Waals surface area (Å²) in [5.74, 6) is 0.0578. The van der Waals surface area contributed by atoms with E-state index in [1.807, 2.05) is 0 Å². The zero-order chi connectivity index (χ0) is 23.9. The summed E-state index contributed by atoms with van der Waals surface area (Å²) in [6.45, 7) is -2.50. The van der Waals surface area contributed by atoms with Crippen molar-refractivity contribution in [3.63, 3.8) is 0 Å². The number of halogens is 5. The van der Waals surface area contributed by atoms with Crippen molar-refractivity contribution in [2.45, 2.75) is 32.3 Å². The molecule has 11 heteroatoms. The first-order valence-corrected chi connectivity index (χ1v) is 9.41. The Balaban J connectivity index is 1.94. The van der Waals surface area contributed by atoms with Crippen molar-refractivity contribution in [3.05, 3.63) is 53.6 Å². The third-order valence-corrected chi connectivity index (χ3v) is 4.33. The maximum Gasteiger partial charge on any atom is 0.422 e. The van der Waals surface area contributed by atoms with Gasteiger partial charge >= 0.3 is 18.8 Å². The van der Waals surface area contributed by atoms with Crippen LogP contribution in [0.2, 0.25) is 0 Å². The van der Waals surface area contributed by atoms with Crippen LogP contribution in [0.3, 0.4) is 0 Å². The van der Waals surface area contributed by atoms with Crippen LogP contribution < -0.4 is 19.5 Å². The molecule has 1 unspecified atom stereocenters. The van der Waals surface area contributed by atoms with Gasteiger partial charge in [0.05, 0.1) is 13.2 Å². The van der Waals surface area contributed by atoms with Crippen molar-refractivity contribution in [2.24, 2.45) is 0 Å². The molecule has 0 fully saturated rings. The Kier molecular flexibility index (Phi) is 8.50. The Labute approximate surface area is 181 Å². The molecule has 0 aliphatic carbocycles. The van der Waals surface area contributed by atoms with Gasteiger partial charge in [-0.25, -0.2) is 4.79 Å². The Bertz CT molecular complexity index is 891. The van der Waals surface area contributed by atoms with Gasteiger partial charge in [-0.3, -0.25) is 0 Å². The van der Waals surface area contributed by atoms with Crippen LogP contribution in [0.4, 0.5) is 26.7 Å². The van der Waals surface area contributed by atoms with Crippen LogP contribution in [0, 0.1) is 0 Å². The summed E-state index contributed by atoms with van der Waals surface area (Å²) < 4.78 is 75.6. The molecule has 0 saturated carbocycles. The first-order chi connectivity index (χ1) is 15.0. The number of carbonyl (C=O) groups is 1. The van der Waals surface area contributed by atoms with E-state index in [2.05, 4.69) is 14.8 Å². The van der Waals surface area contributed by atoms with Crippen LogP contribution in [-0.2, 0) is 6.54 Å². The first-order valence-electron chi connectivity index (χ1n) is 9.41. The zero-order valence-corrected chi connectivity index (χ0v) is 17.6. The predicted molar refractivity (Wildman–Crippen MR) is 106 cm³/mol. The molecule has 0 aliphatic heterocycles. The fourth-order valence-electron chi connectivity index (χ4n) is 2.75. The molecule has 2 amide bonds. The van der Waals surface area contributed by atoms with Gasteiger partial charge < -0.3 is 24.4 Å². The lowest BCUT2D eigenvalue weighted by atomic mass is 10.1. The smallest absolute Gasteiger partial charge is 0.422 e. The summed E-state index contributed by atoms with van der Waals surface area (Å²) >= 11 is 0. The Hall–Kier alpha value is -3.24. The molecule has 2 aromatic carbocycles. The molecule has 2 aromatic rings. The van der Waals surface area contributed by atoms with E-state index in [1.165, 1.54) is 42.3 Å². The minimum Gasteiger partial charge on any atom is -0.493 e. The average molecular weight is 462 g/mol. The SMILES string of the molecule is COc1cc(CN(C)C(=O)NC(C)c2ccc(OCC(F)(F)F)cc2)ccc1OC(F)F. The fraction of sp³-hybridized carbons (Fsp3) is 0.381. The fourth-order valence-corrected chi connectivity index (χ4v) is 2.75. The van der Waals surface area contributed by atoms with Crippen LogP contribution in [-0.4, -0.2) is 44.5 Å². The Morgan fingerprint density at radius 3 is 2.31 bits per heavy atom. The highest BCUT2D eigenvalue weighted by atomic mass is 19.4. The van der Waals surface area contributed by atoms with Gasteiger partial charge in [0, 0.05) is 13.6 Å². The minimum absolute atomic E-state index is 0.0648. The Morgan fingerprint density at radius 2 is 1.75 bits per heavy atom. The maximum atomic E-state index is 12.5. The van der Waals surface area contributed by atoms with E-state index in [9.17, 15) is 26.7 Å². The van der Waals surface area contributed by atoms with E-state index in [1.54, 1.807) is 26.1 Å². The van der Waals surface area contributed by atoms with Crippen LogP contribution in [0.1, 0.15) is 24.1 Å². The van der Waals surface area contributed by atoms with Gasteiger partial charge in [-0.05, 0) is 42.3 Å². The number of benzene rings is 2. The summed E-state index contributed by atoms with van der Waals surface area (Å²) in [5, 5.41) is 2.77. The highest BCUT2D eigenvalue weighted by Gasteiger charge is 2.28. The molecule has 176 valence electrons. The van der Waals surface area contributed by atoms with E-state index in [0.29, 0.717) is 11.1 Å². The second kappa shape index (κ2) is 10.9. The molecule has 0 heterocycles. The number of nitrogens with one attached hydrogen (secondary N) is 1. The quantitative estimate of drug-likeness (QED) is 0.525. The van der Waals surface area contributed by atoms with Crippen molar-refractivity contribution in [2.75, 3.05) is 20.8 Å². The zero-order valence-electron chi connectivity index (χ0n) is 17.6. The van der Waals surface area contributed by atoms with Crippen LogP contribution in [0.25, 0.3) is 0 Å². The highest BCUT2D eigenvalue weighted by Crippen LogP contribution is 2.30. The Morgan fingerprint density at radius 1 is 1.09 bits per heavy atom. The van der Waals surface area contributed by atoms with Crippen molar-refractivity contribution in [3.8, 4) is 17.2 Å². The highest BCUT2D eigenvalue weighted by molar-refractivity contribution is 5.74. The summed E-state index contributed by atoms with van der Waals surface area (Å²) in [6.07, 6.45) is -4.43. The number of hydrogen-bond donors (Lipinski definition) is 1. The van der Waals surface area contributed by atoms with Crippen molar-refractivity contribution in [1.82, 2.24) is 10.2 Å². The third-order valence-electron chi connectivity index (χ3n) is 4.33. The van der Waals surface area contributed by atoms with Gasteiger partial charge in [-0.1, -0.05) is 18.2 Å². The van der Waals surface area contributed by atoms with Gasteiger partial charge in [0.15, 0.2) is 18.1 Å². The number of ether oxygens (including phenoxy) is 3. The van der Waals surface area contributed by atoms with E-state index >= 15 is 0 Å². The molecule has 1 N–H and O–H groups in total. The molecule has 0 aromatic heterocycles. The van der Waals surface area contributed by atoms with Crippen LogP contribution in [0.15, 0.2) is 42.5 Å². The number of urea groups is 1. The summed E-state index contributed by atoms with van der Waals surface area (Å²) in [6, 6.07) is 9.41. The van der Waals surface area contributed by atoms with Crippen molar-refractivity contribution < 1.29 is 41.0 Å². The number of methoxy groups -OCH3 is 1. The van der Waals surface area contributed by atoms with Gasteiger partial charge in [0.1, 0.15) is 5.75 Å². The number of amides is 2. The van der Waals surface area contributed by atoms with E-state index in [4.69, 9.17) is 4.74 Å². The molecule has 0 aliphatic rings. The number of carbonyl (C=O) groups excluding carboxylic acids is 1. The lowest BCUT2D eigenvalue weighted by Gasteiger charge is -2.22. The van der Waals surface area contributed by atoms with Gasteiger partial charge in [0.2, 0.25) is 0 Å². The molecule has 6 nitrogen and oxygen atoms in total. The molecular weight excluding hydrogens is 439 g/mol. The maximum absolute atomic E-state index is 12.5. The lowest BCUT2D eigenvalue weighted by molar-refractivity contribution is -0.153. The molecular formula is C21H23F5N2O4. The van der Waals surface area contributed by atoms with Crippen molar-refractivity contribution >= 4 is 6.03 Å². The minimum atomic E-state index is -4.43. The monoisotopic (exact) mass is 462 g/mol. The number of rotatable bonds is 9. The van der Waals surface area contributed by atoms with Gasteiger partial charge in [0.25, 0.3) is 0 Å². The lowest BCUT2D eigenvalue weighted by Crippen LogP contribution is -2.38. The predicted octanol–water partition coefficient (Wildman–Crippen LogP) is 5.14. The molecule has 0 bridgehead atoms. The van der Waals surface area contributed by atoms with Crippen LogP contribution >= 0.6 is 0 Å². The van der Waals surface area contributed by atoms with E-state index < -0.39 is 31.5 Å². The molecule has 0 spiro atoms. The second-order valence-electron chi connectivity index (χ2n) is 6.86. The molecule has 0 radical (unpaired) electrons. The molecule has 32 heavy (non-hydrogen) atoms. The van der Waals surface area contributed by atoms with Crippen LogP contribution in [0.5, 0.6) is 17.2 Å². The third kappa shape index (κ3) is 7.78. The number of alkyl halides is 5. The van der Waals surface area contributed by atoms with Crippen molar-refractivity contribution in [1.29, 1.82) is 0 Å². The molecule has 2 rings (SSSR count). The molecule has 1 atom stereocenters. The number of nitrogens with zero attached hydrogens (tertiary/aromatic N) is 1. The topological polar surface area (TPSA) is 60.0 Å². The van der Waals surface area contributed by atoms with Gasteiger partial charge in [-0.2, -0.15) is 22.0 Å². The second-order valence-corrected chi connectivity index (χ2v) is 6.86. The summed E-state index contributed by atoms with van der Waals surface area (Å²) in [5.41, 5.74) is 1.29. The normalized spacial score (nSPS) is 12.3. The average Bonchev–Trinajstić information content (AvgIpc) is 2.72. The van der Waals surface area contributed by atoms with Gasteiger partial charge in [-0.15, -0.1) is 0 Å². The molecule has 0 saturated heterocycles.